The fourth-order valence-corrected chi connectivity index (χ4v) is 2.69. The molecule has 0 heterocycles. The summed E-state index contributed by atoms with van der Waals surface area (Å²) in [7, 11) is 0. The first kappa shape index (κ1) is 17.3. The average molecular weight is 319 g/mol. The van der Waals surface area contributed by atoms with Crippen LogP contribution < -0.4 is 10.1 Å². The van der Waals surface area contributed by atoms with E-state index in [1.54, 1.807) is 0 Å². The van der Waals surface area contributed by atoms with Crippen LogP contribution in [-0.2, 0) is 16.0 Å². The fourth-order valence-electron chi connectivity index (χ4n) is 2.69. The van der Waals surface area contributed by atoms with Gasteiger partial charge >= 0.3 is 5.97 Å². The number of amides is 1. The lowest BCUT2D eigenvalue weighted by molar-refractivity contribution is -0.141. The van der Waals surface area contributed by atoms with Gasteiger partial charge in [-0.2, -0.15) is 0 Å². The zero-order valence-corrected chi connectivity index (χ0v) is 13.6. The van der Waals surface area contributed by atoms with Gasteiger partial charge in [-0.25, -0.2) is 0 Å². The minimum absolute atomic E-state index is 0.0346. The molecule has 1 unspecified atom stereocenters. The highest BCUT2D eigenvalue weighted by Crippen LogP contribution is 2.29. The van der Waals surface area contributed by atoms with Crippen molar-refractivity contribution < 1.29 is 19.4 Å². The van der Waals surface area contributed by atoms with Gasteiger partial charge in [-0.3, -0.25) is 9.59 Å². The van der Waals surface area contributed by atoms with Gasteiger partial charge in [-0.15, -0.1) is 0 Å². The molecule has 2 N–H and O–H groups in total. The Morgan fingerprint density at radius 3 is 2.52 bits per heavy atom. The van der Waals surface area contributed by atoms with Crippen molar-refractivity contribution in [2.75, 3.05) is 13.2 Å². The first-order valence-electron chi connectivity index (χ1n) is 8.29. The maximum Gasteiger partial charge on any atom is 0.308 e. The van der Waals surface area contributed by atoms with Crippen LogP contribution in [0.5, 0.6) is 5.75 Å². The Morgan fingerprint density at radius 2 is 2.00 bits per heavy atom. The van der Waals surface area contributed by atoms with Crippen LogP contribution in [0.4, 0.5) is 0 Å². The number of rotatable bonds is 9. The minimum Gasteiger partial charge on any atom is -0.494 e. The van der Waals surface area contributed by atoms with Crippen LogP contribution in [0.3, 0.4) is 0 Å². The molecule has 1 aromatic rings. The molecule has 1 amide bonds. The third kappa shape index (κ3) is 5.58. The van der Waals surface area contributed by atoms with Gasteiger partial charge in [-0.05, 0) is 49.8 Å². The molecule has 0 aromatic heterocycles. The van der Waals surface area contributed by atoms with Crippen molar-refractivity contribution in [2.24, 2.45) is 11.8 Å². The second-order valence-corrected chi connectivity index (χ2v) is 6.12. The summed E-state index contributed by atoms with van der Waals surface area (Å²) in [5.74, 6) is -0.268. The van der Waals surface area contributed by atoms with Gasteiger partial charge in [0.15, 0.2) is 0 Å². The Hall–Kier alpha value is -2.04. The zero-order chi connectivity index (χ0) is 16.7. The van der Waals surface area contributed by atoms with Crippen LogP contribution in [0.15, 0.2) is 24.3 Å². The van der Waals surface area contributed by atoms with Gasteiger partial charge in [0.2, 0.25) is 5.91 Å². The number of hydrogen-bond donors (Lipinski definition) is 2. The average Bonchev–Trinajstić information content (AvgIpc) is 2.49. The molecule has 1 aliphatic carbocycles. The third-order valence-electron chi connectivity index (χ3n) is 4.31. The number of carbonyl (C=O) groups excluding carboxylic acids is 1. The van der Waals surface area contributed by atoms with Gasteiger partial charge in [0.05, 0.1) is 12.5 Å². The van der Waals surface area contributed by atoms with E-state index in [0.717, 1.165) is 24.2 Å². The molecule has 1 saturated carbocycles. The van der Waals surface area contributed by atoms with Crippen molar-refractivity contribution in [2.45, 2.75) is 39.0 Å². The van der Waals surface area contributed by atoms with Crippen molar-refractivity contribution in [1.29, 1.82) is 0 Å². The van der Waals surface area contributed by atoms with Gasteiger partial charge in [0, 0.05) is 13.0 Å². The van der Waals surface area contributed by atoms with Crippen LogP contribution in [0, 0.1) is 11.8 Å². The van der Waals surface area contributed by atoms with Gasteiger partial charge in [0.25, 0.3) is 0 Å². The summed E-state index contributed by atoms with van der Waals surface area (Å²) in [5, 5.41) is 12.1. The van der Waals surface area contributed by atoms with E-state index in [2.05, 4.69) is 5.32 Å². The molecule has 0 radical (unpaired) electrons. The molecule has 5 nitrogen and oxygen atoms in total. The molecule has 5 heteroatoms. The molecule has 2 rings (SSSR count). The fraction of sp³-hybridized carbons (Fsp3) is 0.556. The summed E-state index contributed by atoms with van der Waals surface area (Å²) in [6.07, 6.45) is 4.35. The van der Waals surface area contributed by atoms with Gasteiger partial charge in [-0.1, -0.05) is 18.6 Å². The van der Waals surface area contributed by atoms with E-state index in [1.807, 2.05) is 31.2 Å². The number of benzene rings is 1. The summed E-state index contributed by atoms with van der Waals surface area (Å²) in [5.41, 5.74) is 0.925. The highest BCUT2D eigenvalue weighted by atomic mass is 16.5. The summed E-state index contributed by atoms with van der Waals surface area (Å²) >= 11 is 0. The molecule has 1 fully saturated rings. The molecular formula is C18H25NO4. The van der Waals surface area contributed by atoms with Crippen LogP contribution in [0.1, 0.15) is 38.2 Å². The van der Waals surface area contributed by atoms with Crippen LogP contribution in [0.2, 0.25) is 0 Å². The lowest BCUT2D eigenvalue weighted by Crippen LogP contribution is -2.35. The third-order valence-corrected chi connectivity index (χ3v) is 4.31. The van der Waals surface area contributed by atoms with Crippen molar-refractivity contribution in [1.82, 2.24) is 5.32 Å². The van der Waals surface area contributed by atoms with E-state index in [0.29, 0.717) is 25.4 Å². The van der Waals surface area contributed by atoms with Crippen LogP contribution in [0.25, 0.3) is 0 Å². The van der Waals surface area contributed by atoms with E-state index < -0.39 is 11.9 Å². The predicted octanol–water partition coefficient (Wildman–Crippen LogP) is 2.63. The van der Waals surface area contributed by atoms with Crippen LogP contribution in [-0.4, -0.2) is 30.1 Å². The quantitative estimate of drug-likeness (QED) is 0.733. The summed E-state index contributed by atoms with van der Waals surface area (Å²) in [6.45, 7) is 2.69. The second-order valence-electron chi connectivity index (χ2n) is 6.12. The number of aliphatic carboxylic acids is 1. The smallest absolute Gasteiger partial charge is 0.308 e. The molecular weight excluding hydrogens is 294 g/mol. The number of nitrogens with one attached hydrogen (secondary N) is 1. The molecule has 0 saturated heterocycles. The lowest BCUT2D eigenvalue weighted by Gasteiger charge is -2.24. The largest absolute Gasteiger partial charge is 0.494 e. The van der Waals surface area contributed by atoms with E-state index in [9.17, 15) is 14.7 Å². The number of carboxylic acid groups (broad SMARTS) is 1. The number of carbonyl (C=O) groups is 2. The Balaban J connectivity index is 1.82. The Labute approximate surface area is 137 Å². The number of carboxylic acids is 1. The monoisotopic (exact) mass is 319 g/mol. The second kappa shape index (κ2) is 8.56. The maximum atomic E-state index is 11.8. The van der Waals surface area contributed by atoms with Crippen LogP contribution >= 0.6 is 0 Å². The van der Waals surface area contributed by atoms with Crippen molar-refractivity contribution >= 4 is 11.9 Å². The molecule has 1 aliphatic rings. The van der Waals surface area contributed by atoms with Gasteiger partial charge in [0.1, 0.15) is 5.75 Å². The lowest BCUT2D eigenvalue weighted by atomic mass is 9.83. The first-order chi connectivity index (χ1) is 11.1. The van der Waals surface area contributed by atoms with Crippen molar-refractivity contribution in [3.05, 3.63) is 29.8 Å². The molecule has 0 bridgehead atoms. The molecule has 23 heavy (non-hydrogen) atoms. The number of hydrogen-bond acceptors (Lipinski definition) is 3. The molecule has 1 aromatic carbocycles. The standard InChI is InChI=1S/C18H25NO4/c1-2-23-16-8-6-14(7-9-16)10-15(18(21)22)12-19-17(20)11-13-4-3-5-13/h6-9,13,15H,2-5,10-12H2,1H3,(H,19,20)(H,21,22). The maximum absolute atomic E-state index is 11.8. The first-order valence-corrected chi connectivity index (χ1v) is 8.29. The van der Waals surface area contributed by atoms with E-state index in [-0.39, 0.29) is 12.5 Å². The summed E-state index contributed by atoms with van der Waals surface area (Å²) < 4.78 is 5.37. The Bertz CT molecular complexity index is 522. The predicted molar refractivity (Wildman–Crippen MR) is 87.4 cm³/mol. The number of ether oxygens (including phenoxy) is 1. The van der Waals surface area contributed by atoms with E-state index in [1.165, 1.54) is 6.42 Å². The highest BCUT2D eigenvalue weighted by molar-refractivity contribution is 5.77. The molecule has 0 spiro atoms. The normalized spacial score (nSPS) is 15.5. The molecule has 1 atom stereocenters. The highest BCUT2D eigenvalue weighted by Gasteiger charge is 2.23. The Morgan fingerprint density at radius 1 is 1.30 bits per heavy atom. The zero-order valence-electron chi connectivity index (χ0n) is 13.6. The van der Waals surface area contributed by atoms with E-state index >= 15 is 0 Å². The molecule has 126 valence electrons. The van der Waals surface area contributed by atoms with Crippen molar-refractivity contribution in [3.63, 3.8) is 0 Å². The van der Waals surface area contributed by atoms with E-state index in [4.69, 9.17) is 4.74 Å². The Kier molecular flexibility index (Phi) is 6.44. The SMILES string of the molecule is CCOc1ccc(CC(CNC(=O)CC2CCC2)C(=O)O)cc1. The van der Waals surface area contributed by atoms with Gasteiger partial charge < -0.3 is 15.2 Å². The topological polar surface area (TPSA) is 75.6 Å². The molecule has 0 aliphatic heterocycles. The van der Waals surface area contributed by atoms with Crippen molar-refractivity contribution in [3.8, 4) is 5.75 Å². The summed E-state index contributed by atoms with van der Waals surface area (Å²) in [6, 6.07) is 7.42. The minimum atomic E-state index is -0.886. The summed E-state index contributed by atoms with van der Waals surface area (Å²) in [4.78, 5) is 23.2.